The Labute approximate surface area is 130 Å². The van der Waals surface area contributed by atoms with E-state index in [0.29, 0.717) is 0 Å². The molecule has 0 aliphatic heterocycles. The van der Waals surface area contributed by atoms with E-state index in [1.165, 1.54) is 25.7 Å². The van der Waals surface area contributed by atoms with Crippen molar-refractivity contribution in [2.75, 3.05) is 19.6 Å². The second-order valence-electron chi connectivity index (χ2n) is 5.24. The monoisotopic (exact) mass is 295 g/mol. The SMILES string of the molecule is CCN(CC)CC=Cc1ccc2sc3ccccc3c2c1. The molecule has 0 amide bonds. The van der Waals surface area contributed by atoms with Gasteiger partial charge in [-0.2, -0.15) is 0 Å². The largest absolute Gasteiger partial charge is 0.300 e. The number of fused-ring (bicyclic) bond motifs is 3. The molecule has 0 radical (unpaired) electrons. The maximum Gasteiger partial charge on any atom is 0.0355 e. The number of rotatable bonds is 5. The number of nitrogens with zero attached hydrogens (tertiary/aromatic N) is 1. The maximum absolute atomic E-state index is 2.41. The second-order valence-corrected chi connectivity index (χ2v) is 6.33. The predicted octanol–water partition coefficient (Wildman–Crippen LogP) is 5.41. The lowest BCUT2D eigenvalue weighted by atomic mass is 10.1. The van der Waals surface area contributed by atoms with E-state index in [9.17, 15) is 0 Å². The summed E-state index contributed by atoms with van der Waals surface area (Å²) in [4.78, 5) is 2.41. The molecule has 0 aliphatic carbocycles. The molecule has 0 bridgehead atoms. The number of benzene rings is 2. The van der Waals surface area contributed by atoms with Crippen molar-refractivity contribution >= 4 is 37.6 Å². The lowest BCUT2D eigenvalue weighted by Gasteiger charge is -2.14. The van der Waals surface area contributed by atoms with Crippen LogP contribution in [0.25, 0.3) is 26.2 Å². The average molecular weight is 295 g/mol. The molecule has 0 spiro atoms. The molecule has 108 valence electrons. The molecule has 0 saturated carbocycles. The van der Waals surface area contributed by atoms with Gasteiger partial charge in [0, 0.05) is 26.7 Å². The molecule has 1 aromatic heterocycles. The summed E-state index contributed by atoms with van der Waals surface area (Å²) >= 11 is 1.87. The van der Waals surface area contributed by atoms with E-state index >= 15 is 0 Å². The summed E-state index contributed by atoms with van der Waals surface area (Å²) in [5.74, 6) is 0. The van der Waals surface area contributed by atoms with Gasteiger partial charge < -0.3 is 4.90 Å². The Bertz CT molecular complexity index is 765. The molecule has 2 heteroatoms. The molecule has 3 aromatic rings. The quantitative estimate of drug-likeness (QED) is 0.608. The molecular weight excluding hydrogens is 274 g/mol. The Balaban J connectivity index is 1.90. The van der Waals surface area contributed by atoms with Gasteiger partial charge in [-0.3, -0.25) is 0 Å². The fraction of sp³-hybridized carbons (Fsp3) is 0.263. The van der Waals surface area contributed by atoms with E-state index in [-0.39, 0.29) is 0 Å². The van der Waals surface area contributed by atoms with Crippen LogP contribution in [0.15, 0.2) is 48.5 Å². The zero-order chi connectivity index (χ0) is 14.7. The highest BCUT2D eigenvalue weighted by Gasteiger charge is 2.04. The van der Waals surface area contributed by atoms with E-state index in [1.807, 2.05) is 11.3 Å². The van der Waals surface area contributed by atoms with Crippen LogP contribution in [-0.4, -0.2) is 24.5 Å². The summed E-state index contributed by atoms with van der Waals surface area (Å²) in [6, 6.07) is 15.4. The lowest BCUT2D eigenvalue weighted by molar-refractivity contribution is 0.338. The number of hydrogen-bond acceptors (Lipinski definition) is 2. The second kappa shape index (κ2) is 6.42. The Morgan fingerprint density at radius 2 is 1.71 bits per heavy atom. The normalized spacial score (nSPS) is 12.1. The Hall–Kier alpha value is -1.64. The van der Waals surface area contributed by atoms with Crippen molar-refractivity contribution in [3.8, 4) is 0 Å². The summed E-state index contributed by atoms with van der Waals surface area (Å²) in [5.41, 5.74) is 1.29. The van der Waals surface area contributed by atoms with E-state index in [4.69, 9.17) is 0 Å². The standard InChI is InChI=1S/C19H21NS/c1-3-20(4-2)13-7-8-15-11-12-19-17(14-15)16-9-5-6-10-18(16)21-19/h5-12,14H,3-4,13H2,1-2H3. The first-order valence-electron chi connectivity index (χ1n) is 7.62. The average Bonchev–Trinajstić information content (AvgIpc) is 2.90. The molecule has 0 saturated heterocycles. The smallest absolute Gasteiger partial charge is 0.0355 e. The molecule has 1 nitrogen and oxygen atoms in total. The third-order valence-corrected chi connectivity index (χ3v) is 5.12. The molecule has 0 atom stereocenters. The van der Waals surface area contributed by atoms with Crippen LogP contribution in [0, 0.1) is 0 Å². The third-order valence-electron chi connectivity index (χ3n) is 3.97. The number of likely N-dealkylation sites (N-methyl/N-ethyl adjacent to an activating group) is 1. The first kappa shape index (κ1) is 14.3. The minimum Gasteiger partial charge on any atom is -0.300 e. The molecule has 0 fully saturated rings. The number of thiophene rings is 1. The van der Waals surface area contributed by atoms with Gasteiger partial charge in [-0.1, -0.05) is 50.3 Å². The summed E-state index contributed by atoms with van der Waals surface area (Å²) in [6.45, 7) is 7.65. The first-order chi connectivity index (χ1) is 10.3. The van der Waals surface area contributed by atoms with Gasteiger partial charge in [0.2, 0.25) is 0 Å². The third kappa shape index (κ3) is 3.02. The fourth-order valence-corrected chi connectivity index (χ4v) is 3.75. The van der Waals surface area contributed by atoms with Gasteiger partial charge in [0.05, 0.1) is 0 Å². The molecule has 2 aromatic carbocycles. The van der Waals surface area contributed by atoms with Gasteiger partial charge >= 0.3 is 0 Å². The van der Waals surface area contributed by atoms with Crippen LogP contribution in [0.3, 0.4) is 0 Å². The van der Waals surface area contributed by atoms with Crippen LogP contribution in [0.1, 0.15) is 19.4 Å². The van der Waals surface area contributed by atoms with Crippen LogP contribution in [-0.2, 0) is 0 Å². The molecule has 0 aliphatic rings. The van der Waals surface area contributed by atoms with Gasteiger partial charge in [-0.25, -0.2) is 0 Å². The van der Waals surface area contributed by atoms with E-state index in [2.05, 4.69) is 73.4 Å². The highest BCUT2D eigenvalue weighted by atomic mass is 32.1. The van der Waals surface area contributed by atoms with Crippen molar-refractivity contribution in [3.63, 3.8) is 0 Å². The molecule has 3 rings (SSSR count). The Morgan fingerprint density at radius 1 is 0.952 bits per heavy atom. The summed E-state index contributed by atoms with van der Waals surface area (Å²) in [6.07, 6.45) is 4.51. The van der Waals surface area contributed by atoms with Crippen molar-refractivity contribution in [2.24, 2.45) is 0 Å². The predicted molar refractivity (Wildman–Crippen MR) is 96.2 cm³/mol. The summed E-state index contributed by atoms with van der Waals surface area (Å²) < 4.78 is 2.74. The highest BCUT2D eigenvalue weighted by molar-refractivity contribution is 7.25. The molecule has 1 heterocycles. The molecule has 21 heavy (non-hydrogen) atoms. The van der Waals surface area contributed by atoms with Crippen LogP contribution < -0.4 is 0 Å². The van der Waals surface area contributed by atoms with Gasteiger partial charge in [-0.15, -0.1) is 11.3 Å². The Kier molecular flexibility index (Phi) is 4.37. The van der Waals surface area contributed by atoms with Crippen LogP contribution in [0.5, 0.6) is 0 Å². The maximum atomic E-state index is 2.41. The van der Waals surface area contributed by atoms with Crippen molar-refractivity contribution in [1.29, 1.82) is 0 Å². The minimum absolute atomic E-state index is 1.02. The van der Waals surface area contributed by atoms with Crippen LogP contribution in [0.2, 0.25) is 0 Å². The van der Waals surface area contributed by atoms with Gasteiger partial charge in [0.1, 0.15) is 0 Å². The highest BCUT2D eigenvalue weighted by Crippen LogP contribution is 2.34. The van der Waals surface area contributed by atoms with Gasteiger partial charge in [-0.05, 0) is 36.9 Å². The minimum atomic E-state index is 1.02. The molecule has 0 unspecified atom stereocenters. The van der Waals surface area contributed by atoms with Crippen molar-refractivity contribution in [1.82, 2.24) is 4.90 Å². The van der Waals surface area contributed by atoms with E-state index in [1.54, 1.807) is 0 Å². The first-order valence-corrected chi connectivity index (χ1v) is 8.43. The van der Waals surface area contributed by atoms with Crippen molar-refractivity contribution in [2.45, 2.75) is 13.8 Å². The Morgan fingerprint density at radius 3 is 2.52 bits per heavy atom. The van der Waals surface area contributed by atoms with Crippen molar-refractivity contribution in [3.05, 3.63) is 54.1 Å². The van der Waals surface area contributed by atoms with Crippen LogP contribution >= 0.6 is 11.3 Å². The topological polar surface area (TPSA) is 3.24 Å². The molecule has 0 N–H and O–H groups in total. The fourth-order valence-electron chi connectivity index (χ4n) is 2.67. The summed E-state index contributed by atoms with van der Waals surface area (Å²) in [5, 5.41) is 2.75. The number of hydrogen-bond donors (Lipinski definition) is 0. The zero-order valence-electron chi connectivity index (χ0n) is 12.7. The van der Waals surface area contributed by atoms with E-state index in [0.717, 1.165) is 19.6 Å². The van der Waals surface area contributed by atoms with Crippen molar-refractivity contribution < 1.29 is 0 Å². The lowest BCUT2D eigenvalue weighted by Crippen LogP contribution is -2.22. The van der Waals surface area contributed by atoms with E-state index < -0.39 is 0 Å². The zero-order valence-corrected chi connectivity index (χ0v) is 13.5. The van der Waals surface area contributed by atoms with Gasteiger partial charge in [0.25, 0.3) is 0 Å². The van der Waals surface area contributed by atoms with Crippen LogP contribution in [0.4, 0.5) is 0 Å². The van der Waals surface area contributed by atoms with Gasteiger partial charge in [0.15, 0.2) is 0 Å². The summed E-state index contributed by atoms with van der Waals surface area (Å²) in [7, 11) is 0. The molecular formula is C19H21NS.